The molecule has 0 saturated carbocycles. The molecule has 4 nitrogen and oxygen atoms in total. The molecule has 2 rings (SSSR count). The van der Waals surface area contributed by atoms with Crippen molar-refractivity contribution in [2.45, 2.75) is 13.0 Å². The number of nitrogens with zero attached hydrogens (tertiary/aromatic N) is 1. The van der Waals surface area contributed by atoms with E-state index in [2.05, 4.69) is 26.2 Å². The minimum atomic E-state index is -0.373. The molecule has 21 heavy (non-hydrogen) atoms. The van der Waals surface area contributed by atoms with E-state index >= 15 is 0 Å². The van der Waals surface area contributed by atoms with Gasteiger partial charge in [-0.15, -0.1) is 0 Å². The summed E-state index contributed by atoms with van der Waals surface area (Å²) in [6.45, 7) is 1.69. The van der Waals surface area contributed by atoms with E-state index in [0.29, 0.717) is 10.2 Å². The molecule has 0 aliphatic carbocycles. The van der Waals surface area contributed by atoms with Gasteiger partial charge in [0.25, 0.3) is 5.91 Å². The Balaban J connectivity index is 1.87. The molecular formula is C15H14BrFN2O2. The Morgan fingerprint density at radius 3 is 2.90 bits per heavy atom. The second-order valence-corrected chi connectivity index (χ2v) is 5.26. The van der Waals surface area contributed by atoms with E-state index in [1.54, 1.807) is 6.20 Å². The Labute approximate surface area is 130 Å². The van der Waals surface area contributed by atoms with E-state index in [-0.39, 0.29) is 24.4 Å². The first-order valence-electron chi connectivity index (χ1n) is 6.34. The lowest BCUT2D eigenvalue weighted by molar-refractivity contribution is -0.123. The number of rotatable bonds is 5. The van der Waals surface area contributed by atoms with Gasteiger partial charge in [0, 0.05) is 6.20 Å². The van der Waals surface area contributed by atoms with Gasteiger partial charge < -0.3 is 10.1 Å². The van der Waals surface area contributed by atoms with Crippen LogP contribution in [-0.2, 0) is 4.79 Å². The van der Waals surface area contributed by atoms with Crippen LogP contribution in [0, 0.1) is 5.82 Å². The molecule has 0 bridgehead atoms. The highest BCUT2D eigenvalue weighted by Gasteiger charge is 2.11. The third-order valence-electron chi connectivity index (χ3n) is 2.76. The summed E-state index contributed by atoms with van der Waals surface area (Å²) in [7, 11) is 0. The smallest absolute Gasteiger partial charge is 0.258 e. The summed E-state index contributed by atoms with van der Waals surface area (Å²) >= 11 is 3.18. The van der Waals surface area contributed by atoms with Crippen LogP contribution in [0.25, 0.3) is 0 Å². The van der Waals surface area contributed by atoms with E-state index in [1.165, 1.54) is 18.2 Å². The van der Waals surface area contributed by atoms with Crippen molar-refractivity contribution in [1.82, 2.24) is 10.3 Å². The summed E-state index contributed by atoms with van der Waals surface area (Å²) in [5.41, 5.74) is 0.772. The maximum atomic E-state index is 12.9. The lowest BCUT2D eigenvalue weighted by atomic mass is 10.2. The predicted molar refractivity (Wildman–Crippen MR) is 80.4 cm³/mol. The predicted octanol–water partition coefficient (Wildman–Crippen LogP) is 3.24. The molecule has 1 unspecified atom stereocenters. The summed E-state index contributed by atoms with van der Waals surface area (Å²) in [6, 6.07) is 9.32. The number of benzene rings is 1. The first kappa shape index (κ1) is 15.4. The zero-order chi connectivity index (χ0) is 15.2. The molecule has 0 spiro atoms. The standard InChI is InChI=1S/C15H14BrFN2O2/c1-10(13-4-2-3-7-18-13)19-15(20)9-21-14-6-5-11(17)8-12(14)16/h2-8,10H,9H2,1H3,(H,19,20). The minimum Gasteiger partial charge on any atom is -0.483 e. The average Bonchev–Trinajstić information content (AvgIpc) is 2.47. The van der Waals surface area contributed by atoms with Crippen LogP contribution >= 0.6 is 15.9 Å². The van der Waals surface area contributed by atoms with Crippen LogP contribution in [-0.4, -0.2) is 17.5 Å². The van der Waals surface area contributed by atoms with Crippen LogP contribution in [0.5, 0.6) is 5.75 Å². The number of ether oxygens (including phenoxy) is 1. The lowest BCUT2D eigenvalue weighted by Gasteiger charge is -2.14. The Bertz CT molecular complexity index is 622. The molecule has 0 saturated heterocycles. The lowest BCUT2D eigenvalue weighted by Crippen LogP contribution is -2.31. The maximum Gasteiger partial charge on any atom is 0.258 e. The van der Waals surface area contributed by atoms with Crippen molar-refractivity contribution in [2.24, 2.45) is 0 Å². The largest absolute Gasteiger partial charge is 0.483 e. The fourth-order valence-corrected chi connectivity index (χ4v) is 2.19. The van der Waals surface area contributed by atoms with Gasteiger partial charge in [0.1, 0.15) is 11.6 Å². The third-order valence-corrected chi connectivity index (χ3v) is 3.38. The monoisotopic (exact) mass is 352 g/mol. The molecule has 1 atom stereocenters. The second-order valence-electron chi connectivity index (χ2n) is 4.41. The van der Waals surface area contributed by atoms with E-state index in [9.17, 15) is 9.18 Å². The van der Waals surface area contributed by atoms with Crippen molar-refractivity contribution in [1.29, 1.82) is 0 Å². The van der Waals surface area contributed by atoms with Gasteiger partial charge in [-0.2, -0.15) is 0 Å². The second kappa shape index (κ2) is 7.17. The van der Waals surface area contributed by atoms with Gasteiger partial charge in [0.2, 0.25) is 0 Å². The molecule has 0 aliphatic heterocycles. The Morgan fingerprint density at radius 2 is 2.24 bits per heavy atom. The molecule has 1 N–H and O–H groups in total. The van der Waals surface area contributed by atoms with Gasteiger partial charge in [-0.05, 0) is 53.2 Å². The summed E-state index contributed by atoms with van der Waals surface area (Å²) in [5, 5.41) is 2.78. The molecule has 2 aromatic rings. The number of carbonyl (C=O) groups excluding carboxylic acids is 1. The zero-order valence-corrected chi connectivity index (χ0v) is 12.9. The van der Waals surface area contributed by atoms with Crippen molar-refractivity contribution in [3.05, 3.63) is 58.6 Å². The SMILES string of the molecule is CC(NC(=O)COc1ccc(F)cc1Br)c1ccccn1. The van der Waals surface area contributed by atoms with Crippen LogP contribution in [0.15, 0.2) is 47.1 Å². The molecule has 1 amide bonds. The minimum absolute atomic E-state index is 0.151. The number of aromatic nitrogens is 1. The zero-order valence-electron chi connectivity index (χ0n) is 11.3. The van der Waals surface area contributed by atoms with Crippen LogP contribution in [0.1, 0.15) is 18.7 Å². The van der Waals surface area contributed by atoms with Crippen LogP contribution in [0.3, 0.4) is 0 Å². The van der Waals surface area contributed by atoms with Crippen molar-refractivity contribution < 1.29 is 13.9 Å². The first-order valence-corrected chi connectivity index (χ1v) is 7.13. The summed E-state index contributed by atoms with van der Waals surface area (Å²) in [5.74, 6) is -0.233. The van der Waals surface area contributed by atoms with Gasteiger partial charge in [0.05, 0.1) is 16.2 Å². The summed E-state index contributed by atoms with van der Waals surface area (Å²) in [6.07, 6.45) is 1.67. The molecule has 0 fully saturated rings. The normalized spacial score (nSPS) is 11.8. The molecule has 1 aromatic carbocycles. The summed E-state index contributed by atoms with van der Waals surface area (Å²) in [4.78, 5) is 16.0. The molecule has 1 heterocycles. The number of nitrogens with one attached hydrogen (secondary N) is 1. The highest BCUT2D eigenvalue weighted by Crippen LogP contribution is 2.25. The van der Waals surface area contributed by atoms with Crippen molar-refractivity contribution in [3.8, 4) is 5.75 Å². The molecule has 1 aromatic heterocycles. The van der Waals surface area contributed by atoms with Crippen molar-refractivity contribution >= 4 is 21.8 Å². The van der Waals surface area contributed by atoms with E-state index < -0.39 is 0 Å². The molecule has 110 valence electrons. The maximum absolute atomic E-state index is 12.9. The highest BCUT2D eigenvalue weighted by molar-refractivity contribution is 9.10. The molecular weight excluding hydrogens is 339 g/mol. The van der Waals surface area contributed by atoms with E-state index in [1.807, 2.05) is 25.1 Å². The first-order chi connectivity index (χ1) is 10.1. The average molecular weight is 353 g/mol. The van der Waals surface area contributed by atoms with Crippen molar-refractivity contribution in [2.75, 3.05) is 6.61 Å². The quantitative estimate of drug-likeness (QED) is 0.898. The Kier molecular flexibility index (Phi) is 5.27. The number of amides is 1. The van der Waals surface area contributed by atoms with Gasteiger partial charge in [-0.1, -0.05) is 6.07 Å². The highest BCUT2D eigenvalue weighted by atomic mass is 79.9. The topological polar surface area (TPSA) is 51.2 Å². The molecule has 6 heteroatoms. The van der Waals surface area contributed by atoms with E-state index in [4.69, 9.17) is 4.74 Å². The molecule has 0 radical (unpaired) electrons. The van der Waals surface area contributed by atoms with Gasteiger partial charge in [-0.3, -0.25) is 9.78 Å². The number of pyridine rings is 1. The number of hydrogen-bond acceptors (Lipinski definition) is 3. The fourth-order valence-electron chi connectivity index (χ4n) is 1.72. The third kappa shape index (κ3) is 4.53. The van der Waals surface area contributed by atoms with Gasteiger partial charge in [0.15, 0.2) is 6.61 Å². The number of halogens is 2. The van der Waals surface area contributed by atoms with E-state index in [0.717, 1.165) is 5.69 Å². The van der Waals surface area contributed by atoms with Crippen LogP contribution in [0.2, 0.25) is 0 Å². The van der Waals surface area contributed by atoms with Crippen molar-refractivity contribution in [3.63, 3.8) is 0 Å². The van der Waals surface area contributed by atoms with Gasteiger partial charge in [-0.25, -0.2) is 4.39 Å². The van der Waals surface area contributed by atoms with Crippen LogP contribution < -0.4 is 10.1 Å². The fraction of sp³-hybridized carbons (Fsp3) is 0.200. The summed E-state index contributed by atoms with van der Waals surface area (Å²) < 4.78 is 18.7. The molecule has 0 aliphatic rings. The van der Waals surface area contributed by atoms with Gasteiger partial charge >= 0.3 is 0 Å². The Morgan fingerprint density at radius 1 is 1.43 bits per heavy atom. The van der Waals surface area contributed by atoms with Crippen LogP contribution in [0.4, 0.5) is 4.39 Å². The number of hydrogen-bond donors (Lipinski definition) is 1. The number of carbonyl (C=O) groups is 1. The Hall–Kier alpha value is -1.95.